The summed E-state index contributed by atoms with van der Waals surface area (Å²) in [6, 6.07) is 11.1. The minimum Gasteiger partial charge on any atom is -0.368 e. The van der Waals surface area contributed by atoms with Crippen molar-refractivity contribution in [2.75, 3.05) is 26.2 Å². The van der Waals surface area contributed by atoms with Gasteiger partial charge in [-0.3, -0.25) is 14.3 Å². The van der Waals surface area contributed by atoms with Crippen molar-refractivity contribution in [3.05, 3.63) is 59.5 Å². The van der Waals surface area contributed by atoms with E-state index in [0.717, 1.165) is 10.9 Å². The number of aromatic nitrogens is 3. The molecule has 1 unspecified atom stereocenters. The van der Waals surface area contributed by atoms with Gasteiger partial charge in [0.05, 0.1) is 29.9 Å². The zero-order chi connectivity index (χ0) is 22.0. The van der Waals surface area contributed by atoms with Crippen LogP contribution in [0.4, 0.5) is 0 Å². The van der Waals surface area contributed by atoms with E-state index in [2.05, 4.69) is 24.3 Å². The predicted molar refractivity (Wildman–Crippen MR) is 117 cm³/mol. The molecule has 3 heterocycles. The number of fused-ring (bicyclic) bond motifs is 1. The summed E-state index contributed by atoms with van der Waals surface area (Å²) in [5.41, 5.74) is 2.48. The van der Waals surface area contributed by atoms with E-state index in [-0.39, 0.29) is 11.8 Å². The molecule has 1 fully saturated rings. The lowest BCUT2D eigenvalue weighted by molar-refractivity contribution is -0.0249. The number of nitrogens with one attached hydrogen (secondary N) is 1. The lowest BCUT2D eigenvalue weighted by Gasteiger charge is -2.33. The maximum atomic E-state index is 12.9. The molecule has 0 saturated carbocycles. The average Bonchev–Trinajstić information content (AvgIpc) is 3.22. The van der Waals surface area contributed by atoms with Crippen LogP contribution < -0.4 is 5.32 Å². The van der Waals surface area contributed by atoms with Crippen molar-refractivity contribution in [2.24, 2.45) is 13.0 Å². The molecule has 162 valence electrons. The number of morpholine rings is 1. The third-order valence-electron chi connectivity index (χ3n) is 5.38. The molecule has 1 aliphatic heterocycles. The van der Waals surface area contributed by atoms with Crippen LogP contribution in [-0.4, -0.2) is 57.7 Å². The van der Waals surface area contributed by atoms with Crippen LogP contribution in [0.2, 0.25) is 0 Å². The van der Waals surface area contributed by atoms with Crippen molar-refractivity contribution in [1.82, 2.24) is 25.0 Å². The standard InChI is InChI=1S/C23H27N5O3/c1-15(2)13-24-22(29)17-12-19(26-18-7-5-4-6-16(17)18)21-14-28(10-11-31-21)23(30)20-8-9-25-27(20)3/h4-9,12,15,21H,10-11,13-14H2,1-3H3,(H,24,29). The Kier molecular flexibility index (Phi) is 5.99. The van der Waals surface area contributed by atoms with E-state index >= 15 is 0 Å². The number of ether oxygens (including phenoxy) is 1. The van der Waals surface area contributed by atoms with Crippen LogP contribution in [0.15, 0.2) is 42.6 Å². The monoisotopic (exact) mass is 421 g/mol. The molecule has 0 spiro atoms. The van der Waals surface area contributed by atoms with E-state index in [1.165, 1.54) is 0 Å². The molecule has 0 aliphatic carbocycles. The number of benzene rings is 1. The van der Waals surface area contributed by atoms with Gasteiger partial charge in [-0.25, -0.2) is 4.98 Å². The highest BCUT2D eigenvalue weighted by Crippen LogP contribution is 2.26. The Morgan fingerprint density at radius 3 is 2.81 bits per heavy atom. The summed E-state index contributed by atoms with van der Waals surface area (Å²) in [6.07, 6.45) is 1.20. The van der Waals surface area contributed by atoms with Crippen LogP contribution in [-0.2, 0) is 11.8 Å². The van der Waals surface area contributed by atoms with Gasteiger partial charge in [-0.15, -0.1) is 0 Å². The van der Waals surface area contributed by atoms with Crippen LogP contribution in [0.1, 0.15) is 46.5 Å². The minimum atomic E-state index is -0.410. The second-order valence-corrected chi connectivity index (χ2v) is 8.17. The third-order valence-corrected chi connectivity index (χ3v) is 5.38. The molecule has 8 heteroatoms. The highest BCUT2D eigenvalue weighted by Gasteiger charge is 2.29. The first-order chi connectivity index (χ1) is 14.9. The molecule has 2 aromatic heterocycles. The highest BCUT2D eigenvalue weighted by molar-refractivity contribution is 6.06. The molecule has 1 aromatic carbocycles. The molecule has 1 atom stereocenters. The van der Waals surface area contributed by atoms with Crippen LogP contribution in [0, 0.1) is 5.92 Å². The SMILES string of the molecule is CC(C)CNC(=O)c1cc(C2CN(C(=O)c3ccnn3C)CCO2)nc2ccccc12. The largest absolute Gasteiger partial charge is 0.368 e. The van der Waals surface area contributed by atoms with Gasteiger partial charge in [0.25, 0.3) is 11.8 Å². The van der Waals surface area contributed by atoms with Crippen molar-refractivity contribution in [1.29, 1.82) is 0 Å². The molecule has 1 N–H and O–H groups in total. The normalized spacial score (nSPS) is 16.6. The molecule has 8 nitrogen and oxygen atoms in total. The Balaban J connectivity index is 1.63. The lowest BCUT2D eigenvalue weighted by atomic mass is 10.0. The summed E-state index contributed by atoms with van der Waals surface area (Å²) in [6.45, 7) is 5.97. The Hall–Kier alpha value is -3.26. The fourth-order valence-electron chi connectivity index (χ4n) is 3.70. The lowest BCUT2D eigenvalue weighted by Crippen LogP contribution is -2.43. The van der Waals surface area contributed by atoms with Gasteiger partial charge in [0.15, 0.2) is 0 Å². The molecule has 1 saturated heterocycles. The van der Waals surface area contributed by atoms with Gasteiger partial charge in [0.1, 0.15) is 11.8 Å². The predicted octanol–water partition coefficient (Wildman–Crippen LogP) is 2.57. The van der Waals surface area contributed by atoms with E-state index in [1.54, 1.807) is 35.0 Å². The molecular formula is C23H27N5O3. The summed E-state index contributed by atoms with van der Waals surface area (Å²) in [5.74, 6) is 0.126. The smallest absolute Gasteiger partial charge is 0.272 e. The number of rotatable bonds is 5. The molecular weight excluding hydrogens is 394 g/mol. The molecule has 4 rings (SSSR count). The maximum Gasteiger partial charge on any atom is 0.272 e. The van der Waals surface area contributed by atoms with E-state index in [0.29, 0.717) is 49.1 Å². The van der Waals surface area contributed by atoms with Crippen molar-refractivity contribution < 1.29 is 14.3 Å². The summed E-state index contributed by atoms with van der Waals surface area (Å²) >= 11 is 0. The number of amides is 2. The highest BCUT2D eigenvalue weighted by atomic mass is 16.5. The summed E-state index contributed by atoms with van der Waals surface area (Å²) in [7, 11) is 1.75. The number of para-hydroxylation sites is 1. The van der Waals surface area contributed by atoms with Crippen molar-refractivity contribution >= 4 is 22.7 Å². The minimum absolute atomic E-state index is 0.0935. The second-order valence-electron chi connectivity index (χ2n) is 8.17. The first-order valence-electron chi connectivity index (χ1n) is 10.5. The number of hydrogen-bond donors (Lipinski definition) is 1. The number of hydrogen-bond acceptors (Lipinski definition) is 5. The molecule has 0 radical (unpaired) electrons. The van der Waals surface area contributed by atoms with Crippen molar-refractivity contribution in [3.63, 3.8) is 0 Å². The van der Waals surface area contributed by atoms with E-state index < -0.39 is 6.10 Å². The third kappa shape index (κ3) is 4.44. The molecule has 0 bridgehead atoms. The fourth-order valence-corrected chi connectivity index (χ4v) is 3.70. The van der Waals surface area contributed by atoms with E-state index in [1.807, 2.05) is 24.3 Å². The Morgan fingerprint density at radius 1 is 1.26 bits per heavy atom. The Bertz CT molecular complexity index is 1110. The zero-order valence-corrected chi connectivity index (χ0v) is 18.0. The number of nitrogens with zero attached hydrogens (tertiary/aromatic N) is 4. The topological polar surface area (TPSA) is 89.4 Å². The quantitative estimate of drug-likeness (QED) is 0.684. The summed E-state index contributed by atoms with van der Waals surface area (Å²) < 4.78 is 7.53. The molecule has 31 heavy (non-hydrogen) atoms. The summed E-state index contributed by atoms with van der Waals surface area (Å²) in [5, 5.41) is 7.87. The van der Waals surface area contributed by atoms with Gasteiger partial charge in [0.2, 0.25) is 0 Å². The zero-order valence-electron chi connectivity index (χ0n) is 18.0. The second kappa shape index (κ2) is 8.85. The molecule has 1 aliphatic rings. The number of aryl methyl sites for hydroxylation is 1. The molecule has 3 aromatic rings. The number of carbonyl (C=O) groups excluding carboxylic acids is 2. The Morgan fingerprint density at radius 2 is 2.06 bits per heavy atom. The van der Waals surface area contributed by atoms with E-state index in [9.17, 15) is 9.59 Å². The van der Waals surface area contributed by atoms with Crippen LogP contribution in [0.3, 0.4) is 0 Å². The Labute approximate surface area is 181 Å². The molecule has 2 amide bonds. The first-order valence-corrected chi connectivity index (χ1v) is 10.5. The summed E-state index contributed by atoms with van der Waals surface area (Å²) in [4.78, 5) is 32.3. The van der Waals surface area contributed by atoms with Gasteiger partial charge < -0.3 is 15.0 Å². The van der Waals surface area contributed by atoms with Gasteiger partial charge >= 0.3 is 0 Å². The van der Waals surface area contributed by atoms with Crippen molar-refractivity contribution in [2.45, 2.75) is 20.0 Å². The van der Waals surface area contributed by atoms with Gasteiger partial charge in [-0.05, 0) is 24.1 Å². The first kappa shape index (κ1) is 21.0. The number of pyridine rings is 1. The van der Waals surface area contributed by atoms with E-state index in [4.69, 9.17) is 9.72 Å². The van der Waals surface area contributed by atoms with Crippen LogP contribution >= 0.6 is 0 Å². The van der Waals surface area contributed by atoms with Gasteiger partial charge in [-0.1, -0.05) is 32.0 Å². The fraction of sp³-hybridized carbons (Fsp3) is 0.391. The number of carbonyl (C=O) groups is 2. The van der Waals surface area contributed by atoms with Crippen LogP contribution in [0.5, 0.6) is 0 Å². The van der Waals surface area contributed by atoms with Crippen LogP contribution in [0.25, 0.3) is 10.9 Å². The average molecular weight is 422 g/mol. The van der Waals surface area contributed by atoms with Gasteiger partial charge in [0, 0.05) is 31.7 Å². The van der Waals surface area contributed by atoms with Crippen molar-refractivity contribution in [3.8, 4) is 0 Å². The van der Waals surface area contributed by atoms with Gasteiger partial charge in [-0.2, -0.15) is 5.10 Å². The maximum absolute atomic E-state index is 12.9.